The van der Waals surface area contributed by atoms with Crippen LogP contribution in [0, 0.1) is 13.8 Å². The number of rotatable bonds is 4. The second-order valence-corrected chi connectivity index (χ2v) is 7.07. The highest BCUT2D eigenvalue weighted by Crippen LogP contribution is 2.46. The van der Waals surface area contributed by atoms with Crippen molar-refractivity contribution in [2.45, 2.75) is 44.6 Å². The van der Waals surface area contributed by atoms with Gasteiger partial charge in [-0.25, -0.2) is 0 Å². The molecule has 0 spiro atoms. The Kier molecular flexibility index (Phi) is 3.56. The summed E-state index contributed by atoms with van der Waals surface area (Å²) in [6.07, 6.45) is 4.21. The molecule has 0 saturated heterocycles. The number of carbonyl (C=O) groups excluding carboxylic acids is 1. The molecule has 1 saturated carbocycles. The molecule has 2 heterocycles. The van der Waals surface area contributed by atoms with Gasteiger partial charge in [0.1, 0.15) is 5.75 Å². The highest BCUT2D eigenvalue weighted by Gasteiger charge is 2.46. The van der Waals surface area contributed by atoms with E-state index in [1.54, 1.807) is 0 Å². The molecule has 1 aliphatic carbocycles. The first-order valence-corrected chi connectivity index (χ1v) is 8.53. The number of carbonyl (C=O) groups is 1. The van der Waals surface area contributed by atoms with Crippen LogP contribution in [-0.4, -0.2) is 23.5 Å². The van der Waals surface area contributed by atoms with E-state index in [0.717, 1.165) is 29.8 Å². The summed E-state index contributed by atoms with van der Waals surface area (Å²) in [5, 5.41) is 3.09. The molecule has 0 unspecified atom stereocenters. The van der Waals surface area contributed by atoms with E-state index in [4.69, 9.17) is 4.74 Å². The van der Waals surface area contributed by atoms with Crippen LogP contribution in [0.25, 0.3) is 0 Å². The molecule has 0 bridgehead atoms. The lowest BCUT2D eigenvalue weighted by Crippen LogP contribution is -2.41. The van der Waals surface area contributed by atoms with Gasteiger partial charge >= 0.3 is 0 Å². The number of amides is 1. The highest BCUT2D eigenvalue weighted by atomic mass is 16.5. The molecule has 0 radical (unpaired) electrons. The predicted octanol–water partition coefficient (Wildman–Crippen LogP) is 2.85. The number of nitrogens with zero attached hydrogens (tertiary/aromatic N) is 1. The molecule has 1 amide bonds. The molecule has 4 rings (SSSR count). The maximum Gasteiger partial charge on any atom is 0.261 e. The van der Waals surface area contributed by atoms with E-state index in [2.05, 4.69) is 30.2 Å². The van der Waals surface area contributed by atoms with Crippen molar-refractivity contribution in [1.29, 1.82) is 0 Å². The second-order valence-electron chi connectivity index (χ2n) is 7.07. The van der Waals surface area contributed by atoms with Crippen molar-refractivity contribution in [2.75, 3.05) is 6.54 Å². The van der Waals surface area contributed by atoms with Gasteiger partial charge in [0, 0.05) is 30.3 Å². The van der Waals surface area contributed by atoms with Crippen molar-refractivity contribution >= 4 is 5.91 Å². The number of aromatic nitrogens is 1. The predicted molar refractivity (Wildman–Crippen MR) is 92.2 cm³/mol. The molecular formula is C20H22N2O2. The molecule has 1 aromatic heterocycles. The van der Waals surface area contributed by atoms with Crippen LogP contribution in [0.4, 0.5) is 0 Å². The first kappa shape index (κ1) is 15.2. The van der Waals surface area contributed by atoms with Gasteiger partial charge in [0.25, 0.3) is 5.91 Å². The Morgan fingerprint density at radius 2 is 2.08 bits per heavy atom. The molecular weight excluding hydrogens is 300 g/mol. The van der Waals surface area contributed by atoms with Gasteiger partial charge in [0.05, 0.1) is 0 Å². The topological polar surface area (TPSA) is 51.2 Å². The first-order valence-electron chi connectivity index (χ1n) is 8.53. The van der Waals surface area contributed by atoms with Crippen molar-refractivity contribution in [3.63, 3.8) is 0 Å². The second kappa shape index (κ2) is 5.62. The van der Waals surface area contributed by atoms with E-state index in [1.807, 2.05) is 30.5 Å². The molecule has 4 nitrogen and oxygen atoms in total. The molecule has 2 aromatic rings. The Bertz CT molecular complexity index is 751. The Balaban J connectivity index is 1.40. The number of hydrogen-bond acceptors (Lipinski definition) is 3. The van der Waals surface area contributed by atoms with Crippen molar-refractivity contribution in [3.8, 4) is 5.75 Å². The third kappa shape index (κ3) is 2.66. The van der Waals surface area contributed by atoms with E-state index in [1.165, 1.54) is 11.1 Å². The Hall–Kier alpha value is -2.36. The number of pyridine rings is 1. The van der Waals surface area contributed by atoms with Gasteiger partial charge in [-0.05, 0) is 61.6 Å². The smallest absolute Gasteiger partial charge is 0.261 e. The largest absolute Gasteiger partial charge is 0.480 e. The third-order valence-corrected chi connectivity index (χ3v) is 5.31. The number of fused-ring (bicyclic) bond motifs is 1. The van der Waals surface area contributed by atoms with E-state index in [0.29, 0.717) is 13.0 Å². The Morgan fingerprint density at radius 3 is 2.79 bits per heavy atom. The van der Waals surface area contributed by atoms with Crippen LogP contribution < -0.4 is 10.1 Å². The Morgan fingerprint density at radius 1 is 1.29 bits per heavy atom. The average Bonchev–Trinajstić information content (AvgIpc) is 3.28. The third-order valence-electron chi connectivity index (χ3n) is 5.31. The lowest BCUT2D eigenvalue weighted by atomic mass is 10.0. The summed E-state index contributed by atoms with van der Waals surface area (Å²) in [4.78, 5) is 17.0. The van der Waals surface area contributed by atoms with Gasteiger partial charge in [0.2, 0.25) is 0 Å². The first-order chi connectivity index (χ1) is 11.6. The van der Waals surface area contributed by atoms with Crippen LogP contribution in [0.3, 0.4) is 0 Å². The zero-order chi connectivity index (χ0) is 16.7. The number of aryl methyl sites for hydroxylation is 2. The lowest BCUT2D eigenvalue weighted by molar-refractivity contribution is -0.127. The van der Waals surface area contributed by atoms with Gasteiger partial charge in [-0.1, -0.05) is 12.1 Å². The summed E-state index contributed by atoms with van der Waals surface area (Å²) in [5.74, 6) is 0.827. The minimum absolute atomic E-state index is 0.0234. The maximum absolute atomic E-state index is 12.5. The quantitative estimate of drug-likeness (QED) is 0.942. The molecule has 24 heavy (non-hydrogen) atoms. The molecule has 1 aromatic carbocycles. The van der Waals surface area contributed by atoms with Crippen molar-refractivity contribution < 1.29 is 9.53 Å². The minimum atomic E-state index is -0.416. The zero-order valence-electron chi connectivity index (χ0n) is 14.1. The van der Waals surface area contributed by atoms with Crippen molar-refractivity contribution in [2.24, 2.45) is 0 Å². The molecule has 2 aliphatic rings. The van der Waals surface area contributed by atoms with Crippen LogP contribution in [0.5, 0.6) is 5.75 Å². The molecule has 4 heteroatoms. The van der Waals surface area contributed by atoms with Gasteiger partial charge in [-0.2, -0.15) is 0 Å². The van der Waals surface area contributed by atoms with Crippen LogP contribution in [0.15, 0.2) is 36.5 Å². The molecule has 1 aliphatic heterocycles. The van der Waals surface area contributed by atoms with Gasteiger partial charge in [0.15, 0.2) is 6.10 Å². The molecule has 124 valence electrons. The summed E-state index contributed by atoms with van der Waals surface area (Å²) in [6, 6.07) is 10.1. The summed E-state index contributed by atoms with van der Waals surface area (Å²) in [6.45, 7) is 4.79. The van der Waals surface area contributed by atoms with Gasteiger partial charge < -0.3 is 10.1 Å². The van der Waals surface area contributed by atoms with Crippen LogP contribution in [0.2, 0.25) is 0 Å². The average molecular weight is 322 g/mol. The van der Waals surface area contributed by atoms with Gasteiger partial charge in [-0.3, -0.25) is 9.78 Å². The summed E-state index contributed by atoms with van der Waals surface area (Å²) < 4.78 is 5.87. The van der Waals surface area contributed by atoms with E-state index < -0.39 is 6.10 Å². The lowest BCUT2D eigenvalue weighted by Gasteiger charge is -2.17. The summed E-state index contributed by atoms with van der Waals surface area (Å²) in [5.41, 5.74) is 4.67. The van der Waals surface area contributed by atoms with Crippen molar-refractivity contribution in [1.82, 2.24) is 10.3 Å². The zero-order valence-corrected chi connectivity index (χ0v) is 14.1. The fourth-order valence-corrected chi connectivity index (χ4v) is 3.38. The number of ether oxygens (including phenoxy) is 1. The normalized spacial score (nSPS) is 20.2. The minimum Gasteiger partial charge on any atom is -0.480 e. The Labute approximate surface area is 142 Å². The van der Waals surface area contributed by atoms with Crippen LogP contribution in [-0.2, 0) is 16.6 Å². The van der Waals surface area contributed by atoms with E-state index >= 15 is 0 Å². The molecule has 1 fully saturated rings. The monoisotopic (exact) mass is 322 g/mol. The van der Waals surface area contributed by atoms with Gasteiger partial charge in [-0.15, -0.1) is 0 Å². The standard InChI is InChI=1S/C20H22N2O2/c1-13-9-15-11-17(24-16(15)10-14(13)2)19(23)22-12-20(6-7-20)18-5-3-4-8-21-18/h3-5,8-10,17H,6-7,11-12H2,1-2H3,(H,22,23)/t17-/m1/s1. The fourth-order valence-electron chi connectivity index (χ4n) is 3.38. The number of nitrogens with one attached hydrogen (secondary N) is 1. The van der Waals surface area contributed by atoms with E-state index in [-0.39, 0.29) is 11.3 Å². The molecule has 1 atom stereocenters. The molecule has 1 N–H and O–H groups in total. The van der Waals surface area contributed by atoms with E-state index in [9.17, 15) is 4.79 Å². The van der Waals surface area contributed by atoms with Crippen LogP contribution >= 0.6 is 0 Å². The SMILES string of the molecule is Cc1cc2c(cc1C)O[C@@H](C(=O)NCC1(c3ccccn3)CC1)C2. The summed E-state index contributed by atoms with van der Waals surface area (Å²) >= 11 is 0. The van der Waals surface area contributed by atoms with Crippen LogP contribution in [0.1, 0.15) is 35.2 Å². The van der Waals surface area contributed by atoms with Crippen molar-refractivity contribution in [3.05, 3.63) is 58.9 Å². The highest BCUT2D eigenvalue weighted by molar-refractivity contribution is 5.82. The number of hydrogen-bond donors (Lipinski definition) is 1. The fraction of sp³-hybridized carbons (Fsp3) is 0.400. The number of benzene rings is 1. The maximum atomic E-state index is 12.5. The summed E-state index contributed by atoms with van der Waals surface area (Å²) in [7, 11) is 0.